The quantitative estimate of drug-likeness (QED) is 0.105. The molecule has 0 bridgehead atoms. The average Bonchev–Trinajstić information content (AvgIpc) is 2.90. The minimum absolute atomic E-state index is 0.140. The second-order valence-corrected chi connectivity index (χ2v) is 10.6. The standard InChI is InChI=1S/C33H27F4NS/c1-3-4-5-6-22-9-13-27-26(16-22)19-29(34)28(32(27)37)14-10-23-7-11-25(21(2)15-23)12-8-24-17-30(35)33(39-20-38)31(36)18-24/h7,11,15,17-19,22H,3-6,9,13,16H2,1-2H3. The van der Waals surface area contributed by atoms with Crippen molar-refractivity contribution < 1.29 is 17.6 Å². The Morgan fingerprint density at radius 1 is 0.897 bits per heavy atom. The molecule has 0 saturated heterocycles. The van der Waals surface area contributed by atoms with Crippen LogP contribution in [-0.4, -0.2) is 0 Å². The predicted octanol–water partition coefficient (Wildman–Crippen LogP) is 8.61. The molecule has 0 aliphatic heterocycles. The summed E-state index contributed by atoms with van der Waals surface area (Å²) in [5.74, 6) is 8.77. The van der Waals surface area contributed by atoms with E-state index in [4.69, 9.17) is 5.26 Å². The number of benzene rings is 3. The molecule has 0 radical (unpaired) electrons. The molecule has 0 spiro atoms. The Hall–Kier alpha value is -3.66. The molecule has 0 aromatic heterocycles. The van der Waals surface area contributed by atoms with Crippen LogP contribution in [0.1, 0.15) is 78.0 Å². The first-order valence-corrected chi connectivity index (χ1v) is 13.8. The van der Waals surface area contributed by atoms with Gasteiger partial charge in [0.15, 0.2) is 0 Å². The molecule has 1 atom stereocenters. The van der Waals surface area contributed by atoms with Gasteiger partial charge < -0.3 is 0 Å². The molecule has 4 rings (SSSR count). The number of halogens is 4. The summed E-state index contributed by atoms with van der Waals surface area (Å²) >= 11 is 0.418. The summed E-state index contributed by atoms with van der Waals surface area (Å²) in [6.45, 7) is 3.97. The Bertz CT molecular complexity index is 1540. The first-order valence-electron chi connectivity index (χ1n) is 13.0. The Balaban J connectivity index is 1.52. The van der Waals surface area contributed by atoms with E-state index in [-0.39, 0.29) is 16.0 Å². The van der Waals surface area contributed by atoms with Crippen molar-refractivity contribution >= 4 is 11.8 Å². The van der Waals surface area contributed by atoms with Crippen LogP contribution in [0.5, 0.6) is 0 Å². The third-order valence-corrected chi connectivity index (χ3v) is 7.67. The van der Waals surface area contributed by atoms with Crippen LogP contribution in [0.2, 0.25) is 0 Å². The molecule has 3 aromatic carbocycles. The molecule has 39 heavy (non-hydrogen) atoms. The SMILES string of the molecule is CCCCCC1CCc2c(cc(F)c(C#Cc3ccc(C#Cc4cc(F)c(SC#N)c(F)c4)c(C)c3)c2F)C1. The summed E-state index contributed by atoms with van der Waals surface area (Å²) in [5, 5.41) is 10.3. The number of nitriles is 1. The third-order valence-electron chi connectivity index (χ3n) is 6.98. The fourth-order valence-electron chi connectivity index (χ4n) is 4.90. The maximum atomic E-state index is 15.2. The van der Waals surface area contributed by atoms with E-state index in [9.17, 15) is 13.2 Å². The molecule has 0 N–H and O–H groups in total. The van der Waals surface area contributed by atoms with E-state index in [0.717, 1.165) is 48.9 Å². The predicted molar refractivity (Wildman–Crippen MR) is 147 cm³/mol. The van der Waals surface area contributed by atoms with Crippen LogP contribution in [0, 0.1) is 70.5 Å². The molecule has 3 aromatic rings. The van der Waals surface area contributed by atoms with Crippen molar-refractivity contribution in [3.8, 4) is 29.1 Å². The van der Waals surface area contributed by atoms with Crippen LogP contribution in [0.3, 0.4) is 0 Å². The molecule has 0 fully saturated rings. The summed E-state index contributed by atoms with van der Waals surface area (Å²) < 4.78 is 58.2. The van der Waals surface area contributed by atoms with E-state index < -0.39 is 23.3 Å². The Kier molecular flexibility index (Phi) is 9.40. The highest BCUT2D eigenvalue weighted by Crippen LogP contribution is 2.33. The topological polar surface area (TPSA) is 23.8 Å². The number of rotatable bonds is 5. The van der Waals surface area contributed by atoms with E-state index >= 15 is 4.39 Å². The zero-order valence-electron chi connectivity index (χ0n) is 21.9. The summed E-state index contributed by atoms with van der Waals surface area (Å²) in [6, 6.07) is 8.76. The maximum Gasteiger partial charge on any atom is 0.145 e. The van der Waals surface area contributed by atoms with Crippen molar-refractivity contribution in [1.82, 2.24) is 0 Å². The van der Waals surface area contributed by atoms with Crippen LogP contribution in [0.4, 0.5) is 17.6 Å². The maximum absolute atomic E-state index is 15.2. The fourth-order valence-corrected chi connectivity index (χ4v) is 5.30. The molecule has 1 nitrogen and oxygen atoms in total. The highest BCUT2D eigenvalue weighted by Gasteiger charge is 2.24. The first-order chi connectivity index (χ1) is 18.8. The molecular weight excluding hydrogens is 518 g/mol. The summed E-state index contributed by atoms with van der Waals surface area (Å²) in [6.07, 6.45) is 6.82. The van der Waals surface area contributed by atoms with E-state index in [1.807, 2.05) is 0 Å². The Morgan fingerprint density at radius 3 is 2.33 bits per heavy atom. The number of hydrogen-bond acceptors (Lipinski definition) is 2. The van der Waals surface area contributed by atoms with Gasteiger partial charge in [0.1, 0.15) is 28.7 Å². The smallest absolute Gasteiger partial charge is 0.145 e. The number of fused-ring (bicyclic) bond motifs is 1. The van der Waals surface area contributed by atoms with Crippen molar-refractivity contribution in [1.29, 1.82) is 5.26 Å². The van der Waals surface area contributed by atoms with Gasteiger partial charge in [-0.1, -0.05) is 56.3 Å². The number of thiocyanates is 1. The van der Waals surface area contributed by atoms with Crippen molar-refractivity contribution in [2.75, 3.05) is 0 Å². The number of unbranched alkanes of at least 4 members (excludes halogenated alkanes) is 2. The van der Waals surface area contributed by atoms with E-state index in [0.29, 0.717) is 47.2 Å². The lowest BCUT2D eigenvalue weighted by molar-refractivity contribution is 0.399. The van der Waals surface area contributed by atoms with Crippen molar-refractivity contribution in [2.24, 2.45) is 5.92 Å². The van der Waals surface area contributed by atoms with Gasteiger partial charge in [-0.05, 0) is 97.0 Å². The Morgan fingerprint density at radius 2 is 1.64 bits per heavy atom. The fraction of sp³-hybridized carbons (Fsp3) is 0.303. The van der Waals surface area contributed by atoms with Crippen molar-refractivity contribution in [3.05, 3.63) is 98.6 Å². The lowest BCUT2D eigenvalue weighted by atomic mass is 9.80. The zero-order chi connectivity index (χ0) is 27.9. The lowest BCUT2D eigenvalue weighted by Crippen LogP contribution is -2.17. The minimum atomic E-state index is -0.846. The monoisotopic (exact) mass is 545 g/mol. The molecule has 0 heterocycles. The third kappa shape index (κ3) is 6.86. The highest BCUT2D eigenvalue weighted by molar-refractivity contribution is 8.03. The van der Waals surface area contributed by atoms with Gasteiger partial charge in [0.2, 0.25) is 0 Å². The van der Waals surface area contributed by atoms with Crippen molar-refractivity contribution in [3.63, 3.8) is 0 Å². The van der Waals surface area contributed by atoms with Crippen LogP contribution < -0.4 is 0 Å². The largest absolute Gasteiger partial charge is 0.206 e. The molecule has 6 heteroatoms. The second kappa shape index (κ2) is 12.9. The molecule has 1 unspecified atom stereocenters. The summed E-state index contributed by atoms with van der Waals surface area (Å²) in [5.41, 5.74) is 3.23. The van der Waals surface area contributed by atoms with Gasteiger partial charge in [0, 0.05) is 16.7 Å². The van der Waals surface area contributed by atoms with Gasteiger partial charge in [-0.15, -0.1) is 0 Å². The Labute approximate surface area is 231 Å². The van der Waals surface area contributed by atoms with Gasteiger partial charge in [0.05, 0.1) is 10.5 Å². The summed E-state index contributed by atoms with van der Waals surface area (Å²) in [4.78, 5) is -0.361. The number of nitrogens with zero attached hydrogens (tertiary/aromatic N) is 1. The van der Waals surface area contributed by atoms with Crippen LogP contribution >= 0.6 is 11.8 Å². The van der Waals surface area contributed by atoms with Crippen LogP contribution in [0.15, 0.2) is 41.3 Å². The molecule has 1 aliphatic rings. The molecule has 0 saturated carbocycles. The lowest BCUT2D eigenvalue weighted by Gasteiger charge is -2.25. The van der Waals surface area contributed by atoms with E-state index in [2.05, 4.69) is 30.6 Å². The van der Waals surface area contributed by atoms with Gasteiger partial charge in [-0.3, -0.25) is 0 Å². The zero-order valence-corrected chi connectivity index (χ0v) is 22.7. The molecule has 198 valence electrons. The van der Waals surface area contributed by atoms with Crippen LogP contribution in [-0.2, 0) is 12.8 Å². The second-order valence-electron chi connectivity index (χ2n) is 9.78. The van der Waals surface area contributed by atoms with Crippen molar-refractivity contribution in [2.45, 2.75) is 63.7 Å². The van der Waals surface area contributed by atoms with Gasteiger partial charge in [-0.25, -0.2) is 17.6 Å². The number of hydrogen-bond donors (Lipinski definition) is 0. The molecule has 1 aliphatic carbocycles. The number of thioether (sulfide) groups is 1. The van der Waals surface area contributed by atoms with Crippen LogP contribution in [0.25, 0.3) is 0 Å². The average molecular weight is 546 g/mol. The molecule has 0 amide bonds. The van der Waals surface area contributed by atoms with E-state index in [1.165, 1.54) is 12.5 Å². The van der Waals surface area contributed by atoms with Gasteiger partial charge >= 0.3 is 0 Å². The summed E-state index contributed by atoms with van der Waals surface area (Å²) in [7, 11) is 0. The minimum Gasteiger partial charge on any atom is -0.206 e. The van der Waals surface area contributed by atoms with Gasteiger partial charge in [-0.2, -0.15) is 5.26 Å². The van der Waals surface area contributed by atoms with Gasteiger partial charge in [0.25, 0.3) is 0 Å². The first kappa shape index (κ1) is 28.4. The van der Waals surface area contributed by atoms with E-state index in [1.54, 1.807) is 30.5 Å². The normalized spacial score (nSPS) is 13.9. The highest BCUT2D eigenvalue weighted by atomic mass is 32.2. The molecular formula is C33H27F4NS. The number of aryl methyl sites for hydroxylation is 1.